The molecule has 2 heterocycles. The summed E-state index contributed by atoms with van der Waals surface area (Å²) in [6.45, 7) is 0. The first-order valence-corrected chi connectivity index (χ1v) is 31.3. The molecule has 0 N–H and O–H groups in total. The zero-order valence-corrected chi connectivity index (χ0v) is 42.5. The molecule has 10 aromatic carbocycles. The average molecular weight is 1020 g/mol. The Labute approximate surface area is 412 Å². The van der Waals surface area contributed by atoms with Gasteiger partial charge in [-0.2, -0.15) is 0 Å². The van der Waals surface area contributed by atoms with Gasteiger partial charge in [-0.05, 0) is 0 Å². The van der Waals surface area contributed by atoms with Crippen LogP contribution in [0.5, 0.6) is 0 Å². The number of rotatable bonds is 11. The normalized spacial score (nSPS) is 11.8. The summed E-state index contributed by atoms with van der Waals surface area (Å²) in [7, 11) is -2.86. The summed E-state index contributed by atoms with van der Waals surface area (Å²) in [6.07, 6.45) is 0. The molecule has 0 amide bonds. The molecule has 0 spiro atoms. The molecule has 0 bridgehead atoms. The van der Waals surface area contributed by atoms with E-state index in [4.69, 9.17) is 15.0 Å². The molecule has 3 nitrogen and oxygen atoms in total. The SMILES string of the molecule is c1ccc([Si](c2ccccc2)(c2ccccc2)c2cccc(-c3nc(-c4ccc[c]([Ge]([c]5ccccc5)([c]5ccccc5)[c]5ccccc5)c4)nc(-c4cccc5[se]c6ccccc6c45)n3)c2)cc1. The van der Waals surface area contributed by atoms with Gasteiger partial charge in [-0.1, -0.05) is 54.6 Å². The van der Waals surface area contributed by atoms with E-state index in [1.54, 1.807) is 0 Å². The van der Waals surface area contributed by atoms with Crippen molar-refractivity contribution in [2.75, 3.05) is 0 Å². The summed E-state index contributed by atoms with van der Waals surface area (Å²) in [5.41, 5.74) is 2.95. The summed E-state index contributed by atoms with van der Waals surface area (Å²) < 4.78 is 8.14. The predicted molar refractivity (Wildman–Crippen MR) is 295 cm³/mol. The molecule has 0 saturated carbocycles. The summed E-state index contributed by atoms with van der Waals surface area (Å²) in [5, 5.41) is 7.72. The van der Waals surface area contributed by atoms with Crippen molar-refractivity contribution >= 4 is 93.5 Å². The zero-order valence-electron chi connectivity index (χ0n) is 37.7. The van der Waals surface area contributed by atoms with Gasteiger partial charge < -0.3 is 0 Å². The van der Waals surface area contributed by atoms with E-state index in [2.05, 4.69) is 273 Å². The first-order chi connectivity index (χ1) is 34.2. The second kappa shape index (κ2) is 18.5. The molecular weight excluding hydrogens is 978 g/mol. The fourth-order valence-electron chi connectivity index (χ4n) is 10.6. The molecule has 12 aromatic rings. The van der Waals surface area contributed by atoms with Gasteiger partial charge in [0.25, 0.3) is 0 Å². The second-order valence-electron chi connectivity index (χ2n) is 17.4. The Morgan fingerprint density at radius 3 is 1.23 bits per heavy atom. The van der Waals surface area contributed by atoms with Crippen LogP contribution in [-0.2, 0) is 0 Å². The van der Waals surface area contributed by atoms with E-state index in [0.29, 0.717) is 17.5 Å². The van der Waals surface area contributed by atoms with Gasteiger partial charge in [0.2, 0.25) is 0 Å². The Kier molecular flexibility index (Phi) is 11.5. The number of hydrogen-bond donors (Lipinski definition) is 0. The van der Waals surface area contributed by atoms with E-state index in [0.717, 1.165) is 16.7 Å². The van der Waals surface area contributed by atoms with Crippen LogP contribution < -0.4 is 38.3 Å². The van der Waals surface area contributed by atoms with E-state index >= 15 is 0 Å². The van der Waals surface area contributed by atoms with Crippen LogP contribution in [0.4, 0.5) is 0 Å². The smallest absolute Gasteiger partial charge is 0.0623 e. The summed E-state index contributed by atoms with van der Waals surface area (Å²) in [6, 6.07) is 100. The molecule has 12 rings (SSSR count). The number of aromatic nitrogens is 3. The van der Waals surface area contributed by atoms with Crippen LogP contribution in [-0.4, -0.2) is 50.8 Å². The summed E-state index contributed by atoms with van der Waals surface area (Å²) >= 11 is -3.45. The topological polar surface area (TPSA) is 38.7 Å². The second-order valence-corrected chi connectivity index (χ2v) is 31.5. The quantitative estimate of drug-likeness (QED) is 0.0961. The molecule has 326 valence electrons. The Hall–Kier alpha value is -7.51. The molecule has 6 heteroatoms. The molecule has 0 fully saturated rings. The van der Waals surface area contributed by atoms with E-state index in [1.165, 1.54) is 57.6 Å². The van der Waals surface area contributed by atoms with Gasteiger partial charge in [0.1, 0.15) is 0 Å². The number of fused-ring (bicyclic) bond motifs is 3. The molecule has 0 aliphatic rings. The molecule has 2 aromatic heterocycles. The fraction of sp³-hybridized carbons (Fsp3) is 0. The summed E-state index contributed by atoms with van der Waals surface area (Å²) in [4.78, 5) is 16.6. The molecule has 0 aliphatic heterocycles. The third kappa shape index (κ3) is 7.56. The molecule has 0 unspecified atom stereocenters. The van der Waals surface area contributed by atoms with Crippen molar-refractivity contribution in [3.05, 3.63) is 273 Å². The Morgan fingerprint density at radius 2 is 0.696 bits per heavy atom. The van der Waals surface area contributed by atoms with Crippen LogP contribution in [0.1, 0.15) is 0 Å². The number of nitrogens with zero attached hydrogens (tertiary/aromatic N) is 3. The average Bonchev–Trinajstić information content (AvgIpc) is 3.83. The van der Waals surface area contributed by atoms with Gasteiger partial charge in [-0.25, -0.2) is 0 Å². The van der Waals surface area contributed by atoms with E-state index in [-0.39, 0.29) is 14.5 Å². The Bertz CT molecular complexity index is 3340. The van der Waals surface area contributed by atoms with Gasteiger partial charge in [0.15, 0.2) is 0 Å². The minimum absolute atomic E-state index is 0.186. The first-order valence-electron chi connectivity index (χ1n) is 23.4. The number of benzene rings is 10. The predicted octanol–water partition coefficient (Wildman–Crippen LogP) is 8.99. The van der Waals surface area contributed by atoms with Crippen molar-refractivity contribution in [1.29, 1.82) is 0 Å². The van der Waals surface area contributed by atoms with E-state index in [9.17, 15) is 0 Å². The van der Waals surface area contributed by atoms with Crippen molar-refractivity contribution in [3.8, 4) is 34.2 Å². The van der Waals surface area contributed by atoms with Crippen molar-refractivity contribution in [2.45, 2.75) is 0 Å². The molecular formula is C63H45GeN3SeSi. The molecule has 0 saturated heterocycles. The molecule has 0 radical (unpaired) electrons. The maximum absolute atomic E-state index is 5.54. The fourth-order valence-corrected chi connectivity index (χ4v) is 27.9. The van der Waals surface area contributed by atoms with Crippen LogP contribution in [0, 0.1) is 0 Å². The minimum Gasteiger partial charge on any atom is -0.0623 e. The van der Waals surface area contributed by atoms with Gasteiger partial charge in [0.05, 0.1) is 0 Å². The van der Waals surface area contributed by atoms with Crippen LogP contribution in [0.25, 0.3) is 53.5 Å². The van der Waals surface area contributed by atoms with Crippen molar-refractivity contribution in [1.82, 2.24) is 15.0 Å². The Balaban J connectivity index is 1.12. The summed E-state index contributed by atoms with van der Waals surface area (Å²) in [5.74, 6) is 1.98. The van der Waals surface area contributed by atoms with Crippen molar-refractivity contribution in [2.24, 2.45) is 0 Å². The van der Waals surface area contributed by atoms with Gasteiger partial charge in [-0.15, -0.1) is 0 Å². The van der Waals surface area contributed by atoms with Crippen LogP contribution >= 0.6 is 0 Å². The van der Waals surface area contributed by atoms with Crippen molar-refractivity contribution < 1.29 is 0 Å². The molecule has 0 atom stereocenters. The third-order valence-corrected chi connectivity index (χ3v) is 30.8. The molecule has 69 heavy (non-hydrogen) atoms. The monoisotopic (exact) mass is 1030 g/mol. The van der Waals surface area contributed by atoms with Gasteiger partial charge in [0, 0.05) is 0 Å². The molecule has 0 aliphatic carbocycles. The zero-order chi connectivity index (χ0) is 46.0. The van der Waals surface area contributed by atoms with Gasteiger partial charge >= 0.3 is 361 Å². The third-order valence-electron chi connectivity index (χ3n) is 13.6. The van der Waals surface area contributed by atoms with Crippen LogP contribution in [0.3, 0.4) is 0 Å². The maximum atomic E-state index is 5.54. The Morgan fingerprint density at radius 1 is 0.304 bits per heavy atom. The number of hydrogen-bond acceptors (Lipinski definition) is 3. The first kappa shape index (κ1) is 42.8. The van der Waals surface area contributed by atoms with E-state index < -0.39 is 21.3 Å². The van der Waals surface area contributed by atoms with E-state index in [1.807, 2.05) is 0 Å². The van der Waals surface area contributed by atoms with Crippen molar-refractivity contribution in [3.63, 3.8) is 0 Å². The van der Waals surface area contributed by atoms with Crippen LogP contribution in [0.15, 0.2) is 273 Å². The van der Waals surface area contributed by atoms with Gasteiger partial charge in [-0.3, -0.25) is 0 Å². The standard InChI is InChI=1S/C63H45GeN3SeSi/c1-7-26-48(27-8-1)64(49-28-9-2-10-29-49,50-30-11-3-12-31-50)51-32-21-24-46(44-51)61-65-62(67-63(66-61)57-41-23-43-59-60(57)56-40-19-20-42-58(56)68-59)47-25-22-39-55(45-47)69(52-33-13-4-14-34-52,53-35-15-5-16-36-53)54-37-17-6-18-38-54/h1-45H. The van der Waals surface area contributed by atoms with Crippen LogP contribution in [0.2, 0.25) is 0 Å². The minimum atomic E-state index is -3.64.